The lowest BCUT2D eigenvalue weighted by Crippen LogP contribution is -2.45. The molecular formula is C23H26BrFN4O3. The molecule has 0 radical (unpaired) electrons. The molecule has 0 unspecified atom stereocenters. The number of hydrogen-bond donors (Lipinski definition) is 2. The number of rotatable bonds is 4. The summed E-state index contributed by atoms with van der Waals surface area (Å²) < 4.78 is 19.5. The maximum absolute atomic E-state index is 13.8. The number of benzene rings is 2. The summed E-state index contributed by atoms with van der Waals surface area (Å²) in [5, 5.41) is 5.64. The topological polar surface area (TPSA) is 73.9 Å². The Bertz CT molecular complexity index is 1030. The van der Waals surface area contributed by atoms with Crippen molar-refractivity contribution in [1.82, 2.24) is 9.80 Å². The summed E-state index contributed by atoms with van der Waals surface area (Å²) in [6, 6.07) is 9.12. The first-order valence-corrected chi connectivity index (χ1v) is 11.3. The minimum absolute atomic E-state index is 0.253. The fourth-order valence-corrected chi connectivity index (χ4v) is 4.45. The lowest BCUT2D eigenvalue weighted by atomic mass is 9.99. The van der Waals surface area contributed by atoms with Crippen LogP contribution in [0.25, 0.3) is 0 Å². The SMILES string of the molecule is CO[C@@H]1C[C@H](C(=O)Nc2ccc3c(c2)CCN(C)C3)N(C(=O)Nc2ccc(Br)c(F)c2)C1. The number of ether oxygens (including phenoxy) is 1. The quantitative estimate of drug-likeness (QED) is 0.663. The van der Waals surface area contributed by atoms with Gasteiger partial charge in [-0.05, 0) is 70.9 Å². The van der Waals surface area contributed by atoms with Gasteiger partial charge in [-0.25, -0.2) is 9.18 Å². The van der Waals surface area contributed by atoms with Crippen molar-refractivity contribution in [3.63, 3.8) is 0 Å². The van der Waals surface area contributed by atoms with Crippen LogP contribution < -0.4 is 10.6 Å². The highest BCUT2D eigenvalue weighted by Gasteiger charge is 2.40. The third-order valence-corrected chi connectivity index (χ3v) is 6.65. The number of nitrogens with one attached hydrogen (secondary N) is 2. The zero-order valence-corrected chi connectivity index (χ0v) is 19.6. The number of carbonyl (C=O) groups is 2. The smallest absolute Gasteiger partial charge is 0.322 e. The number of halogens is 2. The van der Waals surface area contributed by atoms with Crippen molar-refractivity contribution in [2.24, 2.45) is 0 Å². The van der Waals surface area contributed by atoms with Crippen molar-refractivity contribution in [2.75, 3.05) is 37.9 Å². The van der Waals surface area contributed by atoms with E-state index < -0.39 is 17.9 Å². The lowest BCUT2D eigenvalue weighted by molar-refractivity contribution is -0.119. The van der Waals surface area contributed by atoms with Gasteiger partial charge in [0.2, 0.25) is 5.91 Å². The van der Waals surface area contributed by atoms with Crippen LogP contribution in [0.15, 0.2) is 40.9 Å². The maximum atomic E-state index is 13.8. The molecule has 2 aromatic rings. The standard InChI is InChI=1S/C23H26BrFN4O3/c1-28-8-7-14-9-16(4-3-15(14)12-28)26-22(30)21-11-18(32-2)13-29(21)23(31)27-17-5-6-19(24)20(25)10-17/h3-6,9-10,18,21H,7-8,11-13H2,1-2H3,(H,26,30)(H,27,31)/t18-,21-/m1/s1. The summed E-state index contributed by atoms with van der Waals surface area (Å²) in [6.07, 6.45) is 1.07. The van der Waals surface area contributed by atoms with Crippen LogP contribution in [0.2, 0.25) is 0 Å². The first-order valence-electron chi connectivity index (χ1n) is 10.5. The molecule has 170 valence electrons. The molecule has 32 heavy (non-hydrogen) atoms. The second-order valence-electron chi connectivity index (χ2n) is 8.28. The zero-order chi connectivity index (χ0) is 22.8. The van der Waals surface area contributed by atoms with Gasteiger partial charge in [0.1, 0.15) is 11.9 Å². The molecule has 0 spiro atoms. The highest BCUT2D eigenvalue weighted by Crippen LogP contribution is 2.26. The Morgan fingerprint density at radius 2 is 1.88 bits per heavy atom. The van der Waals surface area contributed by atoms with Crippen molar-refractivity contribution in [3.05, 3.63) is 57.8 Å². The van der Waals surface area contributed by atoms with Crippen LogP contribution in [0, 0.1) is 5.82 Å². The molecule has 4 rings (SSSR count). The summed E-state index contributed by atoms with van der Waals surface area (Å²) in [7, 11) is 3.65. The summed E-state index contributed by atoms with van der Waals surface area (Å²) in [5.74, 6) is -0.749. The molecule has 2 aliphatic heterocycles. The van der Waals surface area contributed by atoms with E-state index in [0.717, 1.165) is 25.2 Å². The number of amides is 3. The van der Waals surface area contributed by atoms with E-state index in [1.165, 1.54) is 28.2 Å². The van der Waals surface area contributed by atoms with E-state index in [-0.39, 0.29) is 18.6 Å². The number of fused-ring (bicyclic) bond motifs is 1. The summed E-state index contributed by atoms with van der Waals surface area (Å²) in [6.45, 7) is 2.15. The van der Waals surface area contributed by atoms with Gasteiger partial charge in [-0.2, -0.15) is 0 Å². The monoisotopic (exact) mass is 504 g/mol. The van der Waals surface area contributed by atoms with E-state index >= 15 is 0 Å². The van der Waals surface area contributed by atoms with E-state index in [1.807, 2.05) is 18.2 Å². The number of likely N-dealkylation sites (tertiary alicyclic amines) is 1. The van der Waals surface area contributed by atoms with Gasteiger partial charge in [-0.3, -0.25) is 4.79 Å². The van der Waals surface area contributed by atoms with Crippen molar-refractivity contribution in [2.45, 2.75) is 31.5 Å². The van der Waals surface area contributed by atoms with Gasteiger partial charge < -0.3 is 25.2 Å². The van der Waals surface area contributed by atoms with E-state index in [9.17, 15) is 14.0 Å². The number of methoxy groups -OCH3 is 1. The van der Waals surface area contributed by atoms with E-state index in [4.69, 9.17) is 4.74 Å². The Balaban J connectivity index is 1.47. The lowest BCUT2D eigenvalue weighted by Gasteiger charge is -2.26. The van der Waals surface area contributed by atoms with Gasteiger partial charge in [0.15, 0.2) is 0 Å². The van der Waals surface area contributed by atoms with E-state index in [1.54, 1.807) is 13.2 Å². The number of anilines is 2. The van der Waals surface area contributed by atoms with Crippen LogP contribution in [0.5, 0.6) is 0 Å². The second-order valence-corrected chi connectivity index (χ2v) is 9.14. The van der Waals surface area contributed by atoms with Gasteiger partial charge >= 0.3 is 6.03 Å². The molecule has 9 heteroatoms. The first-order chi connectivity index (χ1) is 15.3. The van der Waals surface area contributed by atoms with Crippen LogP contribution in [0.3, 0.4) is 0 Å². The average Bonchev–Trinajstić information content (AvgIpc) is 3.21. The van der Waals surface area contributed by atoms with Crippen molar-refractivity contribution < 1.29 is 18.7 Å². The first kappa shape index (κ1) is 22.7. The molecule has 2 aromatic carbocycles. The molecule has 0 aliphatic carbocycles. The second kappa shape index (κ2) is 9.56. The third kappa shape index (κ3) is 4.95. The van der Waals surface area contributed by atoms with Crippen molar-refractivity contribution in [1.29, 1.82) is 0 Å². The van der Waals surface area contributed by atoms with Crippen LogP contribution in [0.4, 0.5) is 20.6 Å². The molecule has 3 amide bonds. The number of urea groups is 1. The fraction of sp³-hybridized carbons (Fsp3) is 0.391. The molecule has 1 fully saturated rings. The Labute approximate surface area is 195 Å². The predicted molar refractivity (Wildman–Crippen MR) is 124 cm³/mol. The van der Waals surface area contributed by atoms with Gasteiger partial charge in [0, 0.05) is 44.5 Å². The molecule has 2 atom stereocenters. The van der Waals surface area contributed by atoms with Crippen LogP contribution in [0.1, 0.15) is 17.5 Å². The maximum Gasteiger partial charge on any atom is 0.322 e. The number of carbonyl (C=O) groups excluding carboxylic acids is 2. The normalized spacial score (nSPS) is 20.7. The molecule has 0 aromatic heterocycles. The average molecular weight is 505 g/mol. The number of hydrogen-bond acceptors (Lipinski definition) is 4. The molecule has 2 heterocycles. The summed E-state index contributed by atoms with van der Waals surface area (Å²) in [4.78, 5) is 29.7. The molecule has 0 bridgehead atoms. The number of nitrogens with zero attached hydrogens (tertiary/aromatic N) is 2. The van der Waals surface area contributed by atoms with E-state index in [2.05, 4.69) is 38.5 Å². The molecule has 2 aliphatic rings. The molecule has 1 saturated heterocycles. The fourth-order valence-electron chi connectivity index (χ4n) is 4.21. The largest absolute Gasteiger partial charge is 0.380 e. The van der Waals surface area contributed by atoms with Crippen LogP contribution >= 0.6 is 15.9 Å². The Morgan fingerprint density at radius 3 is 2.62 bits per heavy atom. The highest BCUT2D eigenvalue weighted by atomic mass is 79.9. The van der Waals surface area contributed by atoms with E-state index in [0.29, 0.717) is 16.6 Å². The predicted octanol–water partition coefficient (Wildman–Crippen LogP) is 3.84. The van der Waals surface area contributed by atoms with Gasteiger partial charge in [0.05, 0.1) is 10.6 Å². The minimum atomic E-state index is -0.692. The Morgan fingerprint density at radius 1 is 1.12 bits per heavy atom. The Hall–Kier alpha value is -2.49. The van der Waals surface area contributed by atoms with Gasteiger partial charge in [-0.1, -0.05) is 6.07 Å². The highest BCUT2D eigenvalue weighted by molar-refractivity contribution is 9.10. The summed E-state index contributed by atoms with van der Waals surface area (Å²) in [5.41, 5.74) is 3.53. The molecular weight excluding hydrogens is 479 g/mol. The number of likely N-dealkylation sites (N-methyl/N-ethyl adjacent to an activating group) is 1. The molecule has 7 nitrogen and oxygen atoms in total. The van der Waals surface area contributed by atoms with Gasteiger partial charge in [0.25, 0.3) is 0 Å². The minimum Gasteiger partial charge on any atom is -0.380 e. The third-order valence-electron chi connectivity index (χ3n) is 6.01. The summed E-state index contributed by atoms with van der Waals surface area (Å²) >= 11 is 3.10. The van der Waals surface area contributed by atoms with Crippen molar-refractivity contribution >= 4 is 39.2 Å². The van der Waals surface area contributed by atoms with Crippen LogP contribution in [-0.2, 0) is 22.5 Å². The molecule has 0 saturated carbocycles. The van der Waals surface area contributed by atoms with Crippen molar-refractivity contribution in [3.8, 4) is 0 Å². The van der Waals surface area contributed by atoms with Gasteiger partial charge in [-0.15, -0.1) is 0 Å². The Kier molecular flexibility index (Phi) is 6.78. The van der Waals surface area contributed by atoms with Crippen LogP contribution in [-0.4, -0.2) is 61.1 Å². The zero-order valence-electron chi connectivity index (χ0n) is 18.0. The molecule has 2 N–H and O–H groups in total.